The first kappa shape index (κ1) is 16.2. The second kappa shape index (κ2) is 4.92. The van der Waals surface area contributed by atoms with Crippen molar-refractivity contribution in [1.29, 1.82) is 0 Å². The summed E-state index contributed by atoms with van der Waals surface area (Å²) in [7, 11) is 0. The van der Waals surface area contributed by atoms with Crippen molar-refractivity contribution in [2.24, 2.45) is 5.41 Å². The molecule has 2 rings (SSSR count). The summed E-state index contributed by atoms with van der Waals surface area (Å²) in [4.78, 5) is 4.24. The summed E-state index contributed by atoms with van der Waals surface area (Å²) in [6.07, 6.45) is 4.55. The lowest BCUT2D eigenvalue weighted by molar-refractivity contribution is -0.237. The Kier molecular flexibility index (Phi) is 3.79. The van der Waals surface area contributed by atoms with E-state index < -0.39 is 11.1 Å². The van der Waals surface area contributed by atoms with Crippen LogP contribution < -0.4 is 0 Å². The minimum absolute atomic E-state index is 0.140. The summed E-state index contributed by atoms with van der Waals surface area (Å²) < 4.78 is 0. The molecular weight excluding hydrogens is 260 g/mol. The zero-order chi connectivity index (χ0) is 16.1. The number of nitrogens with zero attached hydrogens (tertiary/aromatic N) is 2. The van der Waals surface area contributed by atoms with E-state index in [2.05, 4.69) is 31.8 Å². The monoisotopic (exact) mass is 287 g/mol. The fourth-order valence-corrected chi connectivity index (χ4v) is 3.47. The first-order valence-corrected chi connectivity index (χ1v) is 7.60. The van der Waals surface area contributed by atoms with Gasteiger partial charge in [0.2, 0.25) is 0 Å². The van der Waals surface area contributed by atoms with E-state index in [-0.39, 0.29) is 5.41 Å². The third-order valence-corrected chi connectivity index (χ3v) is 4.32. The van der Waals surface area contributed by atoms with Crippen LogP contribution in [0.5, 0.6) is 0 Å². The fraction of sp³-hybridized carbons (Fsp3) is 0.611. The van der Waals surface area contributed by atoms with Crippen molar-refractivity contribution < 1.29 is 5.21 Å². The minimum Gasteiger partial charge on any atom is -0.264 e. The van der Waals surface area contributed by atoms with Crippen LogP contribution in [0, 0.1) is 5.41 Å². The van der Waals surface area contributed by atoms with E-state index >= 15 is 0 Å². The molecule has 0 fully saturated rings. The van der Waals surface area contributed by atoms with Gasteiger partial charge in [0.25, 0.3) is 0 Å². The first-order chi connectivity index (χ1) is 9.48. The Morgan fingerprint density at radius 3 is 2.24 bits per heavy atom. The molecule has 2 heterocycles. The fourth-order valence-electron chi connectivity index (χ4n) is 3.47. The van der Waals surface area contributed by atoms with Gasteiger partial charge in [-0.25, -0.2) is 0 Å². The Morgan fingerprint density at radius 2 is 1.76 bits per heavy atom. The van der Waals surface area contributed by atoms with Crippen molar-refractivity contribution in [3.63, 3.8) is 0 Å². The van der Waals surface area contributed by atoms with Crippen molar-refractivity contribution in [2.75, 3.05) is 0 Å². The number of hydrogen-bond donors (Lipinski definition) is 0. The van der Waals surface area contributed by atoms with E-state index in [1.54, 1.807) is 6.20 Å². The lowest BCUT2D eigenvalue weighted by atomic mass is 9.78. The zero-order valence-corrected chi connectivity index (χ0v) is 14.3. The summed E-state index contributed by atoms with van der Waals surface area (Å²) in [6.45, 7) is 14.8. The van der Waals surface area contributed by atoms with Gasteiger partial charge in [0, 0.05) is 12.4 Å². The molecule has 0 unspecified atom stereocenters. The van der Waals surface area contributed by atoms with Gasteiger partial charge in [-0.05, 0) is 62.3 Å². The Labute approximate surface area is 128 Å². The van der Waals surface area contributed by atoms with Crippen LogP contribution in [0.4, 0.5) is 0 Å². The summed E-state index contributed by atoms with van der Waals surface area (Å²) in [5.41, 5.74) is 2.57. The molecule has 1 radical (unpaired) electrons. The van der Waals surface area contributed by atoms with Gasteiger partial charge in [-0.3, -0.25) is 4.98 Å². The van der Waals surface area contributed by atoms with Crippen LogP contribution in [0.2, 0.25) is 0 Å². The van der Waals surface area contributed by atoms with Crippen molar-refractivity contribution in [3.05, 3.63) is 35.7 Å². The summed E-state index contributed by atoms with van der Waals surface area (Å²) in [5, 5.41) is 14.1. The van der Waals surface area contributed by atoms with Gasteiger partial charge in [0.15, 0.2) is 0 Å². The summed E-state index contributed by atoms with van der Waals surface area (Å²) >= 11 is 0. The van der Waals surface area contributed by atoms with Gasteiger partial charge >= 0.3 is 0 Å². The number of aromatic nitrogens is 1. The number of pyridine rings is 1. The van der Waals surface area contributed by atoms with Crippen LogP contribution >= 0.6 is 0 Å². The Balaban J connectivity index is 2.68. The molecule has 21 heavy (non-hydrogen) atoms. The highest BCUT2D eigenvalue weighted by Crippen LogP contribution is 2.51. The summed E-state index contributed by atoms with van der Waals surface area (Å²) in [5.74, 6) is 0. The van der Waals surface area contributed by atoms with E-state index in [1.807, 2.05) is 40.0 Å². The SMILES string of the molecule is CC(C)(C)CC1=C(c2cccnc2)C(C)(C)N([O])C1(C)C. The molecule has 3 nitrogen and oxygen atoms in total. The predicted molar refractivity (Wildman–Crippen MR) is 85.9 cm³/mol. The smallest absolute Gasteiger partial charge is 0.0702 e. The molecular formula is C18H27N2O. The molecule has 0 amide bonds. The Bertz CT molecular complexity index is 550. The average molecular weight is 287 g/mol. The second-order valence-corrected chi connectivity index (χ2v) is 8.25. The Hall–Kier alpha value is -1.19. The van der Waals surface area contributed by atoms with Gasteiger partial charge in [-0.1, -0.05) is 26.8 Å². The molecule has 115 valence electrons. The van der Waals surface area contributed by atoms with Gasteiger partial charge in [0.1, 0.15) is 0 Å². The van der Waals surface area contributed by atoms with E-state index in [0.717, 1.165) is 17.6 Å². The van der Waals surface area contributed by atoms with Gasteiger partial charge in [-0.15, -0.1) is 10.3 Å². The highest BCUT2D eigenvalue weighted by Gasteiger charge is 2.52. The van der Waals surface area contributed by atoms with Crippen LogP contribution in [0.15, 0.2) is 30.1 Å². The highest BCUT2D eigenvalue weighted by atomic mass is 16.5. The standard InChI is InChI=1S/C18H27N2O/c1-16(2,3)11-14-15(13-9-8-10-19-12-13)18(6,7)20(21)17(14,4)5/h8-10,12H,11H2,1-7H3. The maximum Gasteiger partial charge on any atom is 0.0702 e. The molecule has 0 saturated heterocycles. The number of rotatable bonds is 2. The van der Waals surface area contributed by atoms with E-state index in [1.165, 1.54) is 10.6 Å². The van der Waals surface area contributed by atoms with Crippen LogP contribution in [0.1, 0.15) is 60.5 Å². The number of hydrogen-bond acceptors (Lipinski definition) is 2. The third-order valence-electron chi connectivity index (χ3n) is 4.32. The molecule has 0 aromatic carbocycles. The molecule has 0 saturated carbocycles. The predicted octanol–water partition coefficient (Wildman–Crippen LogP) is 4.49. The van der Waals surface area contributed by atoms with Crippen molar-refractivity contribution in [2.45, 2.75) is 66.0 Å². The molecule has 3 heteroatoms. The Morgan fingerprint density at radius 1 is 1.14 bits per heavy atom. The van der Waals surface area contributed by atoms with E-state index in [9.17, 15) is 5.21 Å². The molecule has 0 spiro atoms. The van der Waals surface area contributed by atoms with E-state index in [4.69, 9.17) is 0 Å². The van der Waals surface area contributed by atoms with Crippen LogP contribution in [0.3, 0.4) is 0 Å². The lowest BCUT2D eigenvalue weighted by Gasteiger charge is -2.35. The zero-order valence-electron chi connectivity index (χ0n) is 14.3. The van der Waals surface area contributed by atoms with Crippen LogP contribution in [-0.2, 0) is 5.21 Å². The number of hydroxylamine groups is 2. The van der Waals surface area contributed by atoms with Crippen molar-refractivity contribution in [3.8, 4) is 0 Å². The second-order valence-electron chi connectivity index (χ2n) is 8.25. The average Bonchev–Trinajstić information content (AvgIpc) is 2.47. The first-order valence-electron chi connectivity index (χ1n) is 7.60. The quantitative estimate of drug-likeness (QED) is 0.803. The molecule has 1 aromatic rings. The van der Waals surface area contributed by atoms with Crippen LogP contribution in [0.25, 0.3) is 5.57 Å². The van der Waals surface area contributed by atoms with Gasteiger partial charge in [0.05, 0.1) is 11.1 Å². The van der Waals surface area contributed by atoms with Gasteiger partial charge < -0.3 is 0 Å². The molecule has 0 aliphatic carbocycles. The topological polar surface area (TPSA) is 36.0 Å². The van der Waals surface area contributed by atoms with Crippen LogP contribution in [-0.4, -0.2) is 21.1 Å². The molecule has 0 atom stereocenters. The largest absolute Gasteiger partial charge is 0.264 e. The third kappa shape index (κ3) is 2.77. The molecule has 1 aliphatic rings. The molecule has 0 bridgehead atoms. The van der Waals surface area contributed by atoms with Gasteiger partial charge in [-0.2, -0.15) is 0 Å². The van der Waals surface area contributed by atoms with Crippen molar-refractivity contribution >= 4 is 5.57 Å². The normalized spacial score (nSPS) is 21.9. The summed E-state index contributed by atoms with van der Waals surface area (Å²) in [6, 6.07) is 4.00. The molecule has 1 aliphatic heterocycles. The maximum absolute atomic E-state index is 12.9. The maximum atomic E-state index is 12.9. The highest BCUT2D eigenvalue weighted by molar-refractivity contribution is 5.79. The molecule has 1 aromatic heterocycles. The van der Waals surface area contributed by atoms with Crippen molar-refractivity contribution in [1.82, 2.24) is 10.0 Å². The van der Waals surface area contributed by atoms with E-state index in [0.29, 0.717) is 0 Å². The molecule has 0 N–H and O–H groups in total. The lowest BCUT2D eigenvalue weighted by Crippen LogP contribution is -2.47. The minimum atomic E-state index is -0.535.